The second kappa shape index (κ2) is 10.0. The molecule has 0 spiro atoms. The van der Waals surface area contributed by atoms with Crippen LogP contribution >= 0.6 is 24.2 Å². The van der Waals surface area contributed by atoms with Crippen molar-refractivity contribution in [1.82, 2.24) is 9.97 Å². The summed E-state index contributed by atoms with van der Waals surface area (Å²) < 4.78 is 22.3. The number of aryl methyl sites for hydroxylation is 2. The zero-order valence-electron chi connectivity index (χ0n) is 15.3. The number of nitrogens with zero attached hydrogens (tertiary/aromatic N) is 2. The smallest absolute Gasteiger partial charge is 0.241 e. The number of amides is 1. The first-order valence-corrected chi connectivity index (χ1v) is 10.8. The fraction of sp³-hybridized carbons (Fsp3) is 0.353. The van der Waals surface area contributed by atoms with Crippen LogP contribution in [0.4, 0.5) is 5.69 Å². The number of aromatic nitrogens is 2. The zero-order valence-corrected chi connectivity index (χ0v) is 17.7. The topological polar surface area (TPSA) is 115 Å². The van der Waals surface area contributed by atoms with Crippen molar-refractivity contribution in [3.8, 4) is 0 Å². The van der Waals surface area contributed by atoms with Crippen molar-refractivity contribution in [2.75, 3.05) is 17.3 Å². The number of halogens is 1. The summed E-state index contributed by atoms with van der Waals surface area (Å²) in [4.78, 5) is 21.7. The maximum Gasteiger partial charge on any atom is 0.241 e. The van der Waals surface area contributed by atoms with E-state index in [4.69, 9.17) is 5.73 Å². The average molecular weight is 431 g/mol. The molecule has 1 heterocycles. The summed E-state index contributed by atoms with van der Waals surface area (Å²) in [6.07, 6.45) is 1.20. The second-order valence-corrected chi connectivity index (χ2v) is 9.37. The third-order valence-corrected chi connectivity index (χ3v) is 5.28. The van der Waals surface area contributed by atoms with Gasteiger partial charge in [-0.05, 0) is 62.4 Å². The van der Waals surface area contributed by atoms with Gasteiger partial charge in [0, 0.05) is 28.2 Å². The van der Waals surface area contributed by atoms with E-state index in [0.29, 0.717) is 10.8 Å². The highest BCUT2D eigenvalue weighted by Gasteiger charge is 2.16. The molecule has 0 bridgehead atoms. The molecular formula is C17H23ClN4O3S2. The van der Waals surface area contributed by atoms with Gasteiger partial charge in [0.25, 0.3) is 0 Å². The normalized spacial score (nSPS) is 12.1. The number of carbonyl (C=O) groups is 1. The molecule has 1 atom stereocenters. The van der Waals surface area contributed by atoms with Crippen LogP contribution < -0.4 is 11.1 Å². The van der Waals surface area contributed by atoms with E-state index in [2.05, 4.69) is 15.3 Å². The standard InChI is InChI=1S/C17H22N4O3S2.ClH/c1-11-10-12(2)20-17(19-11)25-14-6-4-13(5-7-14)21-16(22)15(18)8-9-26(3,23)24;/h4-7,10,15H,8-9,18H2,1-3H3,(H,21,22);1H. The van der Waals surface area contributed by atoms with Crippen molar-refractivity contribution in [3.05, 3.63) is 41.7 Å². The molecule has 0 aliphatic carbocycles. The van der Waals surface area contributed by atoms with Gasteiger partial charge in [0.05, 0.1) is 11.8 Å². The Hall–Kier alpha value is -1.68. The van der Waals surface area contributed by atoms with Crippen LogP contribution in [0.3, 0.4) is 0 Å². The molecule has 1 unspecified atom stereocenters. The number of hydrogen-bond donors (Lipinski definition) is 2. The Morgan fingerprint density at radius 1 is 1.19 bits per heavy atom. The Morgan fingerprint density at radius 2 is 1.74 bits per heavy atom. The molecule has 0 saturated heterocycles. The molecular weight excluding hydrogens is 408 g/mol. The van der Waals surface area contributed by atoms with Crippen LogP contribution in [0.5, 0.6) is 0 Å². The minimum Gasteiger partial charge on any atom is -0.325 e. The van der Waals surface area contributed by atoms with Gasteiger partial charge >= 0.3 is 0 Å². The Morgan fingerprint density at radius 3 is 2.26 bits per heavy atom. The number of nitrogens with two attached hydrogens (primary N) is 1. The molecule has 10 heteroatoms. The van der Waals surface area contributed by atoms with Crippen molar-refractivity contribution in [2.24, 2.45) is 5.73 Å². The summed E-state index contributed by atoms with van der Waals surface area (Å²) in [5, 5.41) is 3.36. The van der Waals surface area contributed by atoms with Crippen molar-refractivity contribution in [3.63, 3.8) is 0 Å². The van der Waals surface area contributed by atoms with Crippen molar-refractivity contribution in [2.45, 2.75) is 36.4 Å². The fourth-order valence-electron chi connectivity index (χ4n) is 2.16. The summed E-state index contributed by atoms with van der Waals surface area (Å²) in [6.45, 7) is 3.84. The molecule has 0 saturated carbocycles. The number of benzene rings is 1. The molecule has 0 aliphatic rings. The molecule has 2 rings (SSSR count). The molecule has 1 aromatic carbocycles. The first-order chi connectivity index (χ1) is 12.1. The first kappa shape index (κ1) is 23.4. The molecule has 0 radical (unpaired) electrons. The third-order valence-electron chi connectivity index (χ3n) is 3.43. The van der Waals surface area contributed by atoms with E-state index < -0.39 is 21.8 Å². The Kier molecular flexibility index (Phi) is 8.67. The lowest BCUT2D eigenvalue weighted by Gasteiger charge is -2.12. The largest absolute Gasteiger partial charge is 0.325 e. The summed E-state index contributed by atoms with van der Waals surface area (Å²) >= 11 is 1.43. The van der Waals surface area contributed by atoms with E-state index in [1.807, 2.05) is 32.0 Å². The molecule has 148 valence electrons. The van der Waals surface area contributed by atoms with E-state index in [0.717, 1.165) is 22.5 Å². The monoisotopic (exact) mass is 430 g/mol. The molecule has 27 heavy (non-hydrogen) atoms. The van der Waals surface area contributed by atoms with E-state index in [9.17, 15) is 13.2 Å². The van der Waals surface area contributed by atoms with Gasteiger partial charge in [-0.2, -0.15) is 0 Å². The van der Waals surface area contributed by atoms with Crippen LogP contribution in [0.2, 0.25) is 0 Å². The quantitative estimate of drug-likeness (QED) is 0.647. The Labute approximate surface area is 169 Å². The zero-order chi connectivity index (χ0) is 19.3. The summed E-state index contributed by atoms with van der Waals surface area (Å²) in [5.41, 5.74) is 8.15. The highest BCUT2D eigenvalue weighted by atomic mass is 35.5. The molecule has 7 nitrogen and oxygen atoms in total. The first-order valence-electron chi connectivity index (χ1n) is 7.97. The van der Waals surface area contributed by atoms with Gasteiger partial charge in [0.1, 0.15) is 9.84 Å². The third kappa shape index (κ3) is 8.25. The van der Waals surface area contributed by atoms with Gasteiger partial charge in [0.2, 0.25) is 5.91 Å². The lowest BCUT2D eigenvalue weighted by Crippen LogP contribution is -2.37. The molecule has 3 N–H and O–H groups in total. The van der Waals surface area contributed by atoms with Crippen LogP contribution in [0.25, 0.3) is 0 Å². The number of rotatable bonds is 7. The van der Waals surface area contributed by atoms with Crippen LogP contribution in [0.1, 0.15) is 17.8 Å². The number of hydrogen-bond acceptors (Lipinski definition) is 7. The molecule has 1 aromatic heterocycles. The van der Waals surface area contributed by atoms with E-state index >= 15 is 0 Å². The number of nitrogens with one attached hydrogen (secondary N) is 1. The van der Waals surface area contributed by atoms with Gasteiger partial charge in [-0.25, -0.2) is 18.4 Å². The van der Waals surface area contributed by atoms with E-state index in [1.165, 1.54) is 11.8 Å². The van der Waals surface area contributed by atoms with E-state index in [1.54, 1.807) is 12.1 Å². The van der Waals surface area contributed by atoms with Gasteiger partial charge < -0.3 is 11.1 Å². The second-order valence-electron chi connectivity index (χ2n) is 6.07. The minimum atomic E-state index is -3.14. The van der Waals surface area contributed by atoms with E-state index in [-0.39, 0.29) is 24.6 Å². The SMILES string of the molecule is Cc1cc(C)nc(Sc2ccc(NC(=O)C(N)CCS(C)(=O)=O)cc2)n1.Cl. The Bertz CT molecular complexity index is 869. The van der Waals surface area contributed by atoms with Crippen LogP contribution in [-0.4, -0.2) is 42.3 Å². The lowest BCUT2D eigenvalue weighted by atomic mass is 10.2. The van der Waals surface area contributed by atoms with Gasteiger partial charge in [-0.3, -0.25) is 4.79 Å². The highest BCUT2D eigenvalue weighted by molar-refractivity contribution is 7.99. The fourth-order valence-corrected chi connectivity index (χ4v) is 3.70. The number of sulfone groups is 1. The predicted octanol–water partition coefficient (Wildman–Crippen LogP) is 2.37. The highest BCUT2D eigenvalue weighted by Crippen LogP contribution is 2.26. The summed E-state index contributed by atoms with van der Waals surface area (Å²) in [6, 6.07) is 8.25. The molecule has 1 amide bonds. The maximum absolute atomic E-state index is 12.0. The van der Waals surface area contributed by atoms with Crippen LogP contribution in [-0.2, 0) is 14.6 Å². The van der Waals surface area contributed by atoms with Gasteiger partial charge in [-0.15, -0.1) is 12.4 Å². The van der Waals surface area contributed by atoms with Crippen LogP contribution in [0.15, 0.2) is 40.4 Å². The maximum atomic E-state index is 12.0. The average Bonchev–Trinajstić information content (AvgIpc) is 2.52. The van der Waals surface area contributed by atoms with Crippen molar-refractivity contribution in [1.29, 1.82) is 0 Å². The number of anilines is 1. The lowest BCUT2D eigenvalue weighted by molar-refractivity contribution is -0.117. The molecule has 0 fully saturated rings. The summed E-state index contributed by atoms with van der Waals surface area (Å²) in [5.74, 6) is -0.528. The van der Waals surface area contributed by atoms with Crippen molar-refractivity contribution < 1.29 is 13.2 Å². The van der Waals surface area contributed by atoms with Crippen molar-refractivity contribution >= 4 is 45.6 Å². The molecule has 0 aliphatic heterocycles. The number of carbonyl (C=O) groups excluding carboxylic acids is 1. The predicted molar refractivity (Wildman–Crippen MR) is 110 cm³/mol. The van der Waals surface area contributed by atoms with Gasteiger partial charge in [0.15, 0.2) is 5.16 Å². The summed E-state index contributed by atoms with van der Waals surface area (Å²) in [7, 11) is -3.14. The minimum absolute atomic E-state index is 0. The van der Waals surface area contributed by atoms with Gasteiger partial charge in [-0.1, -0.05) is 0 Å². The molecule has 2 aromatic rings. The Balaban J connectivity index is 0.00000364. The van der Waals surface area contributed by atoms with Crippen LogP contribution in [0, 0.1) is 13.8 Å².